The molecule has 0 aliphatic heterocycles. The van der Waals surface area contributed by atoms with Gasteiger partial charge in [-0.1, -0.05) is 17.7 Å². The van der Waals surface area contributed by atoms with Crippen molar-refractivity contribution in [3.05, 3.63) is 28.8 Å². The van der Waals surface area contributed by atoms with Crippen LogP contribution >= 0.6 is 0 Å². The van der Waals surface area contributed by atoms with Gasteiger partial charge in [0, 0.05) is 12.1 Å². The van der Waals surface area contributed by atoms with Crippen LogP contribution in [0.4, 0.5) is 0 Å². The maximum absolute atomic E-state index is 5.43. The number of hydrogen-bond acceptors (Lipinski definition) is 4. The molecule has 0 amide bonds. The number of benzene rings is 1. The molecule has 1 aromatic carbocycles. The van der Waals surface area contributed by atoms with E-state index in [0.717, 1.165) is 12.3 Å². The van der Waals surface area contributed by atoms with E-state index in [0.29, 0.717) is 6.67 Å². The van der Waals surface area contributed by atoms with Crippen LogP contribution in [0.15, 0.2) is 12.1 Å². The van der Waals surface area contributed by atoms with E-state index in [-0.39, 0.29) is 0 Å². The normalized spacial score (nSPS) is 10.9. The van der Waals surface area contributed by atoms with Crippen molar-refractivity contribution < 1.29 is 4.74 Å². The molecule has 0 spiro atoms. The number of ether oxygens (including phenoxy) is 1. The molecule has 0 aliphatic carbocycles. The monoisotopic (exact) mass is 223 g/mol. The predicted octanol–water partition coefficient (Wildman–Crippen LogP) is 1.16. The molecular weight excluding hydrogens is 202 g/mol. The zero-order valence-electron chi connectivity index (χ0n) is 10.5. The zero-order chi connectivity index (χ0) is 12.1. The van der Waals surface area contributed by atoms with Gasteiger partial charge in [-0.25, -0.2) is 5.43 Å². The summed E-state index contributed by atoms with van der Waals surface area (Å²) in [4.78, 5) is 2.09. The van der Waals surface area contributed by atoms with Crippen LogP contribution in [0.5, 0.6) is 5.75 Å². The minimum Gasteiger partial charge on any atom is -0.496 e. The maximum atomic E-state index is 5.43. The molecule has 0 saturated carbocycles. The van der Waals surface area contributed by atoms with Crippen molar-refractivity contribution in [1.29, 1.82) is 0 Å². The summed E-state index contributed by atoms with van der Waals surface area (Å²) < 4.78 is 5.43. The fourth-order valence-electron chi connectivity index (χ4n) is 1.95. The summed E-state index contributed by atoms with van der Waals surface area (Å²) in [5, 5.41) is 0. The van der Waals surface area contributed by atoms with Gasteiger partial charge in [0.15, 0.2) is 0 Å². The fourth-order valence-corrected chi connectivity index (χ4v) is 1.95. The number of hydrogen-bond donors (Lipinski definition) is 2. The summed E-state index contributed by atoms with van der Waals surface area (Å²) >= 11 is 0. The van der Waals surface area contributed by atoms with Crippen LogP contribution in [0.2, 0.25) is 0 Å². The summed E-state index contributed by atoms with van der Waals surface area (Å²) in [6, 6.07) is 4.28. The Hall–Kier alpha value is -1.10. The molecule has 16 heavy (non-hydrogen) atoms. The van der Waals surface area contributed by atoms with Gasteiger partial charge in [-0.3, -0.25) is 10.7 Å². The van der Waals surface area contributed by atoms with E-state index in [9.17, 15) is 0 Å². The maximum Gasteiger partial charge on any atom is 0.126 e. The predicted molar refractivity (Wildman–Crippen MR) is 66.1 cm³/mol. The van der Waals surface area contributed by atoms with Crippen LogP contribution < -0.4 is 16.0 Å². The summed E-state index contributed by atoms with van der Waals surface area (Å²) in [6.07, 6.45) is 0. The lowest BCUT2D eigenvalue weighted by Crippen LogP contribution is -2.35. The number of hydrazine groups is 1. The molecule has 0 heterocycles. The minimum atomic E-state index is 0.649. The van der Waals surface area contributed by atoms with Gasteiger partial charge >= 0.3 is 0 Å². The number of nitrogens with zero attached hydrogens (tertiary/aromatic N) is 1. The number of nitrogens with two attached hydrogens (primary N) is 1. The zero-order valence-corrected chi connectivity index (χ0v) is 10.5. The van der Waals surface area contributed by atoms with Gasteiger partial charge < -0.3 is 4.74 Å². The average Bonchev–Trinajstić information content (AvgIpc) is 2.17. The Labute approximate surface area is 97.4 Å². The van der Waals surface area contributed by atoms with E-state index in [1.165, 1.54) is 16.7 Å². The topological polar surface area (TPSA) is 50.5 Å². The molecule has 3 N–H and O–H groups in total. The molecule has 0 aliphatic rings. The van der Waals surface area contributed by atoms with E-state index in [1.807, 2.05) is 7.05 Å². The lowest BCUT2D eigenvalue weighted by atomic mass is 10.1. The quantitative estimate of drug-likeness (QED) is 0.447. The summed E-state index contributed by atoms with van der Waals surface area (Å²) in [5.41, 5.74) is 6.26. The lowest BCUT2D eigenvalue weighted by molar-refractivity contribution is 0.294. The summed E-state index contributed by atoms with van der Waals surface area (Å²) in [5.74, 6) is 6.26. The first-order valence-corrected chi connectivity index (χ1v) is 5.34. The van der Waals surface area contributed by atoms with Gasteiger partial charge in [0.05, 0.1) is 13.8 Å². The van der Waals surface area contributed by atoms with E-state index >= 15 is 0 Å². The molecule has 0 radical (unpaired) electrons. The van der Waals surface area contributed by atoms with Crippen LogP contribution in [-0.2, 0) is 6.54 Å². The SMILES string of the molecule is COc1c(C)cc(C)cc1CN(C)CNN. The summed E-state index contributed by atoms with van der Waals surface area (Å²) in [6.45, 7) is 5.62. The van der Waals surface area contributed by atoms with Crippen molar-refractivity contribution in [3.63, 3.8) is 0 Å². The highest BCUT2D eigenvalue weighted by Crippen LogP contribution is 2.25. The third kappa shape index (κ3) is 3.20. The van der Waals surface area contributed by atoms with Crippen molar-refractivity contribution in [3.8, 4) is 5.75 Å². The second-order valence-electron chi connectivity index (χ2n) is 4.15. The molecule has 0 saturated heterocycles. The number of rotatable bonds is 5. The Balaban J connectivity index is 2.93. The molecule has 4 nitrogen and oxygen atoms in total. The van der Waals surface area contributed by atoms with Gasteiger partial charge in [0.2, 0.25) is 0 Å². The molecule has 4 heteroatoms. The first-order valence-electron chi connectivity index (χ1n) is 5.34. The van der Waals surface area contributed by atoms with Gasteiger partial charge in [-0.05, 0) is 26.5 Å². The Bertz CT molecular complexity index is 352. The van der Waals surface area contributed by atoms with E-state index in [1.54, 1.807) is 7.11 Å². The average molecular weight is 223 g/mol. The fraction of sp³-hybridized carbons (Fsp3) is 0.500. The smallest absolute Gasteiger partial charge is 0.126 e. The highest BCUT2D eigenvalue weighted by Gasteiger charge is 2.09. The van der Waals surface area contributed by atoms with Crippen molar-refractivity contribution in [1.82, 2.24) is 10.3 Å². The minimum absolute atomic E-state index is 0.649. The molecule has 0 bridgehead atoms. The summed E-state index contributed by atoms with van der Waals surface area (Å²) in [7, 11) is 3.72. The molecule has 90 valence electrons. The van der Waals surface area contributed by atoms with Gasteiger partial charge in [0.25, 0.3) is 0 Å². The van der Waals surface area contributed by atoms with Crippen LogP contribution in [0, 0.1) is 13.8 Å². The largest absolute Gasteiger partial charge is 0.496 e. The third-order valence-electron chi connectivity index (χ3n) is 2.50. The van der Waals surface area contributed by atoms with E-state index in [2.05, 4.69) is 36.3 Å². The Kier molecular flexibility index (Phi) is 4.73. The van der Waals surface area contributed by atoms with Crippen LogP contribution in [-0.4, -0.2) is 25.7 Å². The Morgan fingerprint density at radius 1 is 1.38 bits per heavy atom. The highest BCUT2D eigenvalue weighted by molar-refractivity contribution is 5.43. The Morgan fingerprint density at radius 3 is 2.62 bits per heavy atom. The van der Waals surface area contributed by atoms with E-state index < -0.39 is 0 Å². The molecule has 0 unspecified atom stereocenters. The Morgan fingerprint density at radius 2 is 2.06 bits per heavy atom. The first kappa shape index (κ1) is 13.0. The van der Waals surface area contributed by atoms with Crippen molar-refractivity contribution in [2.75, 3.05) is 20.8 Å². The molecule has 1 aromatic rings. The van der Waals surface area contributed by atoms with Crippen LogP contribution in [0.1, 0.15) is 16.7 Å². The molecule has 1 rings (SSSR count). The number of aryl methyl sites for hydroxylation is 2. The van der Waals surface area contributed by atoms with E-state index in [4.69, 9.17) is 10.6 Å². The molecular formula is C12H21N3O. The second kappa shape index (κ2) is 5.84. The molecule has 0 aromatic heterocycles. The van der Waals surface area contributed by atoms with Gasteiger partial charge in [-0.15, -0.1) is 0 Å². The number of nitrogens with one attached hydrogen (secondary N) is 1. The highest BCUT2D eigenvalue weighted by atomic mass is 16.5. The third-order valence-corrected chi connectivity index (χ3v) is 2.50. The lowest BCUT2D eigenvalue weighted by Gasteiger charge is -2.19. The van der Waals surface area contributed by atoms with Crippen LogP contribution in [0.25, 0.3) is 0 Å². The van der Waals surface area contributed by atoms with Gasteiger partial charge in [-0.2, -0.15) is 0 Å². The number of methoxy groups -OCH3 is 1. The second-order valence-corrected chi connectivity index (χ2v) is 4.15. The van der Waals surface area contributed by atoms with Crippen molar-refractivity contribution in [2.45, 2.75) is 20.4 Å². The van der Waals surface area contributed by atoms with Crippen molar-refractivity contribution in [2.24, 2.45) is 5.84 Å². The standard InChI is InChI=1S/C12H21N3O/c1-9-5-10(2)12(16-4)11(6-9)7-15(3)8-14-13/h5-6,14H,7-8,13H2,1-4H3. The van der Waals surface area contributed by atoms with Crippen molar-refractivity contribution >= 4 is 0 Å². The molecule has 0 fully saturated rings. The van der Waals surface area contributed by atoms with Crippen LogP contribution in [0.3, 0.4) is 0 Å². The molecule has 0 atom stereocenters. The van der Waals surface area contributed by atoms with Gasteiger partial charge in [0.1, 0.15) is 5.75 Å². The first-order chi connectivity index (χ1) is 7.58.